The lowest BCUT2D eigenvalue weighted by atomic mass is 10.2. The number of halogens is 1. The fraction of sp³-hybridized carbons (Fsp3) is 0.200. The van der Waals surface area contributed by atoms with Crippen LogP contribution in [0, 0.1) is 12.7 Å². The lowest BCUT2D eigenvalue weighted by Crippen LogP contribution is -2.16. The fourth-order valence-corrected chi connectivity index (χ4v) is 4.85. The summed E-state index contributed by atoms with van der Waals surface area (Å²) in [7, 11) is -2.13. The number of sulfonamides is 1. The third-order valence-corrected chi connectivity index (χ3v) is 6.39. The van der Waals surface area contributed by atoms with Gasteiger partial charge in [0.15, 0.2) is 4.21 Å². The minimum Gasteiger partial charge on any atom is -0.465 e. The Labute approximate surface area is 147 Å². The summed E-state index contributed by atoms with van der Waals surface area (Å²) in [6.07, 6.45) is 0. The molecule has 25 heavy (non-hydrogen) atoms. The number of ether oxygens (including phenoxy) is 2. The molecule has 1 heterocycles. The van der Waals surface area contributed by atoms with Gasteiger partial charge in [0.25, 0.3) is 10.0 Å². The predicted octanol–water partition coefficient (Wildman–Crippen LogP) is 2.57. The van der Waals surface area contributed by atoms with E-state index in [1.807, 2.05) is 0 Å². The van der Waals surface area contributed by atoms with Crippen LogP contribution >= 0.6 is 11.3 Å². The first-order valence-corrected chi connectivity index (χ1v) is 9.10. The van der Waals surface area contributed by atoms with Gasteiger partial charge in [-0.25, -0.2) is 22.4 Å². The van der Waals surface area contributed by atoms with Crippen molar-refractivity contribution >= 4 is 39.0 Å². The van der Waals surface area contributed by atoms with Crippen LogP contribution in [0.4, 0.5) is 10.1 Å². The van der Waals surface area contributed by atoms with Crippen LogP contribution in [0.3, 0.4) is 0 Å². The molecule has 0 aliphatic rings. The summed E-state index contributed by atoms with van der Waals surface area (Å²) in [5, 5.41) is 0. The number of carbonyl (C=O) groups is 2. The molecular weight excluding hydrogens is 373 g/mol. The fourth-order valence-electron chi connectivity index (χ4n) is 2.04. The lowest BCUT2D eigenvalue weighted by Gasteiger charge is -2.09. The Bertz CT molecular complexity index is 935. The van der Waals surface area contributed by atoms with E-state index >= 15 is 0 Å². The number of rotatable bonds is 5. The summed E-state index contributed by atoms with van der Waals surface area (Å²) in [5.74, 6) is -2.51. The maximum absolute atomic E-state index is 13.7. The van der Waals surface area contributed by atoms with Gasteiger partial charge in [-0.2, -0.15) is 0 Å². The zero-order valence-electron chi connectivity index (χ0n) is 13.5. The van der Waals surface area contributed by atoms with Crippen LogP contribution in [0.15, 0.2) is 28.5 Å². The van der Waals surface area contributed by atoms with Crippen molar-refractivity contribution in [2.75, 3.05) is 18.9 Å². The van der Waals surface area contributed by atoms with Crippen molar-refractivity contribution in [3.05, 3.63) is 46.1 Å². The molecular formula is C15H14FNO6S2. The molecule has 7 nitrogen and oxygen atoms in total. The molecule has 2 aromatic rings. The number of thiophene rings is 1. The molecule has 1 aromatic carbocycles. The largest absolute Gasteiger partial charge is 0.465 e. The van der Waals surface area contributed by atoms with E-state index in [4.69, 9.17) is 0 Å². The Hall–Kier alpha value is -2.46. The first-order valence-electron chi connectivity index (χ1n) is 6.80. The quantitative estimate of drug-likeness (QED) is 0.792. The average Bonchev–Trinajstić information content (AvgIpc) is 2.93. The Morgan fingerprint density at radius 2 is 1.72 bits per heavy atom. The van der Waals surface area contributed by atoms with Crippen molar-refractivity contribution < 1.29 is 31.9 Å². The van der Waals surface area contributed by atoms with Gasteiger partial charge in [-0.3, -0.25) is 4.72 Å². The predicted molar refractivity (Wildman–Crippen MR) is 88.9 cm³/mol. The first-order chi connectivity index (χ1) is 11.7. The number of esters is 2. The summed E-state index contributed by atoms with van der Waals surface area (Å²) in [4.78, 5) is 23.8. The molecule has 0 aliphatic heterocycles. The first kappa shape index (κ1) is 18.9. The highest BCUT2D eigenvalue weighted by Crippen LogP contribution is 2.34. The number of hydrogen-bond donors (Lipinski definition) is 1. The number of para-hydroxylation sites is 1. The maximum Gasteiger partial charge on any atom is 0.348 e. The van der Waals surface area contributed by atoms with E-state index in [9.17, 15) is 22.4 Å². The third kappa shape index (κ3) is 3.64. The van der Waals surface area contributed by atoms with Crippen molar-refractivity contribution in [2.45, 2.75) is 11.1 Å². The summed E-state index contributed by atoms with van der Waals surface area (Å²) < 4.78 is 49.8. The topological polar surface area (TPSA) is 98.8 Å². The van der Waals surface area contributed by atoms with Crippen LogP contribution < -0.4 is 4.72 Å². The van der Waals surface area contributed by atoms with Crippen LogP contribution in [0.1, 0.15) is 25.6 Å². The van der Waals surface area contributed by atoms with Crippen molar-refractivity contribution in [3.63, 3.8) is 0 Å². The molecule has 0 unspecified atom stereocenters. The van der Waals surface area contributed by atoms with E-state index in [0.29, 0.717) is 11.3 Å². The Morgan fingerprint density at radius 1 is 1.12 bits per heavy atom. The molecule has 0 saturated carbocycles. The van der Waals surface area contributed by atoms with Crippen LogP contribution in [-0.2, 0) is 19.5 Å². The highest BCUT2D eigenvalue weighted by molar-refractivity contribution is 7.94. The van der Waals surface area contributed by atoms with Gasteiger partial charge in [0, 0.05) is 0 Å². The minimum atomic E-state index is -4.35. The molecule has 1 aromatic heterocycles. The number of carbonyl (C=O) groups excluding carboxylic acids is 2. The Balaban J connectivity index is 2.62. The summed E-state index contributed by atoms with van der Waals surface area (Å²) >= 11 is 0.546. The highest BCUT2D eigenvalue weighted by atomic mass is 32.2. The van der Waals surface area contributed by atoms with Crippen molar-refractivity contribution in [2.24, 2.45) is 0 Å². The van der Waals surface area contributed by atoms with Gasteiger partial charge in [-0.15, -0.1) is 11.3 Å². The van der Waals surface area contributed by atoms with Gasteiger partial charge in [0.05, 0.1) is 25.5 Å². The van der Waals surface area contributed by atoms with Crippen LogP contribution in [0.5, 0.6) is 0 Å². The van der Waals surface area contributed by atoms with Crippen molar-refractivity contribution in [3.8, 4) is 0 Å². The van der Waals surface area contributed by atoms with Gasteiger partial charge in [-0.05, 0) is 24.6 Å². The van der Waals surface area contributed by atoms with Gasteiger partial charge in [0.1, 0.15) is 10.7 Å². The van der Waals surface area contributed by atoms with E-state index in [1.165, 1.54) is 25.1 Å². The SMILES string of the molecule is COC(=O)c1sc(S(=O)(=O)Nc2ccccc2F)c(C(=O)OC)c1C. The molecule has 0 spiro atoms. The molecule has 0 bridgehead atoms. The second-order valence-electron chi connectivity index (χ2n) is 4.79. The Kier molecular flexibility index (Phi) is 5.43. The molecule has 1 N–H and O–H groups in total. The van der Waals surface area contributed by atoms with Crippen molar-refractivity contribution in [1.29, 1.82) is 0 Å². The second-order valence-corrected chi connectivity index (χ2v) is 7.69. The van der Waals surface area contributed by atoms with E-state index in [-0.39, 0.29) is 21.7 Å². The zero-order valence-corrected chi connectivity index (χ0v) is 15.1. The minimum absolute atomic E-state index is 0.0585. The highest BCUT2D eigenvalue weighted by Gasteiger charge is 2.33. The maximum atomic E-state index is 13.7. The molecule has 10 heteroatoms. The number of anilines is 1. The van der Waals surface area contributed by atoms with E-state index in [1.54, 1.807) is 0 Å². The molecule has 0 aliphatic carbocycles. The van der Waals surface area contributed by atoms with Crippen molar-refractivity contribution in [1.82, 2.24) is 0 Å². The van der Waals surface area contributed by atoms with Crippen LogP contribution in [0.25, 0.3) is 0 Å². The average molecular weight is 387 g/mol. The molecule has 0 fully saturated rings. The number of methoxy groups -OCH3 is 2. The third-order valence-electron chi connectivity index (χ3n) is 3.24. The molecule has 2 rings (SSSR count). The summed E-state index contributed by atoms with van der Waals surface area (Å²) in [5.41, 5.74) is -0.474. The monoisotopic (exact) mass is 387 g/mol. The molecule has 0 radical (unpaired) electrons. The van der Waals surface area contributed by atoms with E-state index < -0.39 is 32.0 Å². The summed E-state index contributed by atoms with van der Waals surface area (Å²) in [6, 6.07) is 5.16. The van der Waals surface area contributed by atoms with Gasteiger partial charge in [0.2, 0.25) is 0 Å². The standard InChI is InChI=1S/C15H14FNO6S2/c1-8-11(13(18)22-2)15(24-12(8)14(19)23-3)25(20,21)17-10-7-5-4-6-9(10)16/h4-7,17H,1-3H3. The van der Waals surface area contributed by atoms with E-state index in [0.717, 1.165) is 20.3 Å². The van der Waals surface area contributed by atoms with Crippen LogP contribution in [0.2, 0.25) is 0 Å². The normalized spacial score (nSPS) is 11.0. The number of benzene rings is 1. The van der Waals surface area contributed by atoms with Gasteiger partial charge < -0.3 is 9.47 Å². The molecule has 0 saturated heterocycles. The number of hydrogen-bond acceptors (Lipinski definition) is 7. The number of nitrogens with one attached hydrogen (secondary N) is 1. The zero-order chi connectivity index (χ0) is 18.8. The van der Waals surface area contributed by atoms with Gasteiger partial charge in [-0.1, -0.05) is 12.1 Å². The van der Waals surface area contributed by atoms with Gasteiger partial charge >= 0.3 is 11.9 Å². The lowest BCUT2D eigenvalue weighted by molar-refractivity contribution is 0.0596. The van der Waals surface area contributed by atoms with Crippen LogP contribution in [-0.4, -0.2) is 34.6 Å². The van der Waals surface area contributed by atoms with E-state index in [2.05, 4.69) is 14.2 Å². The molecule has 0 amide bonds. The molecule has 0 atom stereocenters. The molecule has 134 valence electrons. The Morgan fingerprint density at radius 3 is 2.28 bits per heavy atom. The summed E-state index contributed by atoms with van der Waals surface area (Å²) in [6.45, 7) is 1.40. The second kappa shape index (κ2) is 7.19. The smallest absolute Gasteiger partial charge is 0.348 e.